The first-order valence-electron chi connectivity index (χ1n) is 8.69. The van der Waals surface area contributed by atoms with E-state index in [2.05, 4.69) is 12.2 Å². The molecule has 0 saturated heterocycles. The Morgan fingerprint density at radius 2 is 1.90 bits per heavy atom. The summed E-state index contributed by atoms with van der Waals surface area (Å²) < 4.78 is 10.5. The molecular weight excluding hydrogens is 264 g/mol. The third-order valence-corrected chi connectivity index (χ3v) is 6.53. The molecule has 0 amide bonds. The molecule has 0 spiro atoms. The van der Waals surface area contributed by atoms with E-state index in [4.69, 9.17) is 9.47 Å². The van der Waals surface area contributed by atoms with E-state index in [1.165, 1.54) is 19.3 Å². The molecule has 4 bridgehead atoms. The molecule has 3 saturated carbocycles. The van der Waals surface area contributed by atoms with Crippen molar-refractivity contribution in [3.63, 3.8) is 0 Å². The van der Waals surface area contributed by atoms with Gasteiger partial charge in [0.25, 0.3) is 0 Å². The minimum absolute atomic E-state index is 0.0116. The normalized spacial score (nSPS) is 45.3. The number of hydrogen-bond donors (Lipinski definition) is 0. The van der Waals surface area contributed by atoms with Crippen LogP contribution in [0, 0.1) is 41.4 Å². The van der Waals surface area contributed by atoms with Crippen molar-refractivity contribution in [2.75, 3.05) is 19.8 Å². The summed E-state index contributed by atoms with van der Waals surface area (Å²) in [4.78, 5) is 12.0. The Hall–Kier alpha value is -0.830. The van der Waals surface area contributed by atoms with Gasteiger partial charge in [0.15, 0.2) is 0 Å². The Morgan fingerprint density at radius 1 is 1.10 bits per heavy atom. The number of hydrogen-bond acceptors (Lipinski definition) is 3. The van der Waals surface area contributed by atoms with Gasteiger partial charge < -0.3 is 9.47 Å². The lowest BCUT2D eigenvalue weighted by atomic mass is 9.69. The first-order chi connectivity index (χ1) is 10.3. The van der Waals surface area contributed by atoms with Gasteiger partial charge in [0.1, 0.15) is 6.61 Å². The molecule has 0 aromatic rings. The van der Waals surface area contributed by atoms with Crippen molar-refractivity contribution in [1.82, 2.24) is 0 Å². The quantitative estimate of drug-likeness (QED) is 0.326. The molecule has 3 fully saturated rings. The van der Waals surface area contributed by atoms with E-state index < -0.39 is 0 Å². The standard InChI is InChI=1S/C18H26O3/c1-2-20-5-6-21-16(19)10-13-8-14-9-15(13)18-12-4-3-11(7-12)17(14)18/h3-4,11-15,17-18H,2,5-10H2,1H3. The van der Waals surface area contributed by atoms with E-state index >= 15 is 0 Å². The average Bonchev–Trinajstić information content (AvgIpc) is 3.20. The van der Waals surface area contributed by atoms with Gasteiger partial charge in [-0.3, -0.25) is 4.79 Å². The summed E-state index contributed by atoms with van der Waals surface area (Å²) >= 11 is 0. The molecule has 0 N–H and O–H groups in total. The van der Waals surface area contributed by atoms with Crippen molar-refractivity contribution in [3.8, 4) is 0 Å². The van der Waals surface area contributed by atoms with Gasteiger partial charge in [-0.25, -0.2) is 0 Å². The lowest BCUT2D eigenvalue weighted by molar-refractivity contribution is -0.147. The molecule has 7 atom stereocenters. The average molecular weight is 290 g/mol. The molecule has 0 aromatic carbocycles. The molecule has 0 aliphatic heterocycles. The van der Waals surface area contributed by atoms with Crippen LogP contribution in [0.25, 0.3) is 0 Å². The first-order valence-corrected chi connectivity index (χ1v) is 8.69. The lowest BCUT2D eigenvalue weighted by Crippen LogP contribution is -2.32. The summed E-state index contributed by atoms with van der Waals surface area (Å²) in [5.74, 6) is 5.79. The smallest absolute Gasteiger partial charge is 0.306 e. The zero-order valence-electron chi connectivity index (χ0n) is 12.9. The maximum atomic E-state index is 12.0. The minimum atomic E-state index is -0.0116. The number of fused-ring (bicyclic) bond motifs is 9. The number of ether oxygens (including phenoxy) is 2. The third-order valence-electron chi connectivity index (χ3n) is 6.53. The second kappa shape index (κ2) is 5.42. The summed E-state index contributed by atoms with van der Waals surface area (Å²) in [6.45, 7) is 3.57. The number of carbonyl (C=O) groups is 1. The highest BCUT2D eigenvalue weighted by atomic mass is 16.6. The number of esters is 1. The number of rotatable bonds is 6. The molecular formula is C18H26O3. The van der Waals surface area contributed by atoms with E-state index in [0.29, 0.717) is 32.2 Å². The molecule has 4 aliphatic rings. The maximum absolute atomic E-state index is 12.0. The Labute approximate surface area is 127 Å². The SMILES string of the molecule is CCOCCOC(=O)CC1CC2CC1C1C3C=CC(C3)C21. The van der Waals surface area contributed by atoms with Crippen LogP contribution in [0.2, 0.25) is 0 Å². The molecule has 0 radical (unpaired) electrons. The fourth-order valence-electron chi connectivity index (χ4n) is 6.02. The lowest BCUT2D eigenvalue weighted by Gasteiger charge is -2.36. The highest BCUT2D eigenvalue weighted by Crippen LogP contribution is 2.67. The largest absolute Gasteiger partial charge is 0.463 e. The Kier molecular flexibility index (Phi) is 3.56. The van der Waals surface area contributed by atoms with Gasteiger partial charge in [-0.05, 0) is 67.6 Å². The van der Waals surface area contributed by atoms with Crippen LogP contribution in [0.1, 0.15) is 32.6 Å². The van der Waals surface area contributed by atoms with Gasteiger partial charge in [0, 0.05) is 13.0 Å². The molecule has 4 rings (SSSR count). The van der Waals surface area contributed by atoms with Crippen molar-refractivity contribution in [2.24, 2.45) is 41.4 Å². The number of carbonyl (C=O) groups excluding carboxylic acids is 1. The Bertz CT molecular complexity index is 444. The van der Waals surface area contributed by atoms with E-state index in [1.807, 2.05) is 6.92 Å². The highest BCUT2D eigenvalue weighted by molar-refractivity contribution is 5.69. The third kappa shape index (κ3) is 2.25. The van der Waals surface area contributed by atoms with Gasteiger partial charge in [-0.2, -0.15) is 0 Å². The fraction of sp³-hybridized carbons (Fsp3) is 0.833. The fourth-order valence-corrected chi connectivity index (χ4v) is 6.02. The van der Waals surface area contributed by atoms with Crippen molar-refractivity contribution >= 4 is 5.97 Å². The van der Waals surface area contributed by atoms with E-state index in [1.54, 1.807) is 0 Å². The Morgan fingerprint density at radius 3 is 2.71 bits per heavy atom. The second-order valence-electron chi connectivity index (χ2n) is 7.38. The van der Waals surface area contributed by atoms with Gasteiger partial charge in [0.05, 0.1) is 6.61 Å². The van der Waals surface area contributed by atoms with Crippen LogP contribution >= 0.6 is 0 Å². The van der Waals surface area contributed by atoms with Gasteiger partial charge >= 0.3 is 5.97 Å². The molecule has 116 valence electrons. The van der Waals surface area contributed by atoms with E-state index in [9.17, 15) is 4.79 Å². The summed E-state index contributed by atoms with van der Waals surface area (Å²) in [5.41, 5.74) is 0. The summed E-state index contributed by atoms with van der Waals surface area (Å²) in [7, 11) is 0. The highest BCUT2D eigenvalue weighted by Gasteiger charge is 2.60. The topological polar surface area (TPSA) is 35.5 Å². The number of allylic oxidation sites excluding steroid dienone is 2. The van der Waals surface area contributed by atoms with Crippen LogP contribution in [0.15, 0.2) is 12.2 Å². The molecule has 0 aromatic heterocycles. The van der Waals surface area contributed by atoms with Crippen LogP contribution in [0.5, 0.6) is 0 Å². The van der Waals surface area contributed by atoms with Gasteiger partial charge in [-0.1, -0.05) is 12.2 Å². The van der Waals surface area contributed by atoms with Crippen LogP contribution in [0.3, 0.4) is 0 Å². The monoisotopic (exact) mass is 290 g/mol. The molecule has 3 heteroatoms. The minimum Gasteiger partial charge on any atom is -0.463 e. The predicted octanol–water partition coefficient (Wildman–Crippen LogP) is 3.05. The second-order valence-corrected chi connectivity index (χ2v) is 7.38. The Balaban J connectivity index is 1.31. The van der Waals surface area contributed by atoms with Crippen molar-refractivity contribution in [1.29, 1.82) is 0 Å². The first kappa shape index (κ1) is 13.8. The zero-order chi connectivity index (χ0) is 14.4. The van der Waals surface area contributed by atoms with Crippen LogP contribution in [-0.2, 0) is 14.3 Å². The van der Waals surface area contributed by atoms with Crippen LogP contribution in [0.4, 0.5) is 0 Å². The predicted molar refractivity (Wildman–Crippen MR) is 79.5 cm³/mol. The van der Waals surface area contributed by atoms with Crippen molar-refractivity contribution < 1.29 is 14.3 Å². The van der Waals surface area contributed by atoms with Gasteiger partial charge in [0.2, 0.25) is 0 Å². The maximum Gasteiger partial charge on any atom is 0.306 e. The van der Waals surface area contributed by atoms with Crippen molar-refractivity contribution in [3.05, 3.63) is 12.2 Å². The molecule has 0 heterocycles. The van der Waals surface area contributed by atoms with Gasteiger partial charge in [-0.15, -0.1) is 0 Å². The summed E-state index contributed by atoms with van der Waals surface area (Å²) in [6.07, 6.45) is 9.61. The molecule has 3 nitrogen and oxygen atoms in total. The molecule has 21 heavy (non-hydrogen) atoms. The van der Waals surface area contributed by atoms with Crippen LogP contribution in [-0.4, -0.2) is 25.8 Å². The molecule has 7 unspecified atom stereocenters. The summed E-state index contributed by atoms with van der Waals surface area (Å²) in [6, 6.07) is 0. The summed E-state index contributed by atoms with van der Waals surface area (Å²) in [5, 5.41) is 0. The van der Waals surface area contributed by atoms with Crippen molar-refractivity contribution in [2.45, 2.75) is 32.6 Å². The zero-order valence-corrected chi connectivity index (χ0v) is 12.9. The van der Waals surface area contributed by atoms with E-state index in [0.717, 1.165) is 35.5 Å². The van der Waals surface area contributed by atoms with Crippen LogP contribution < -0.4 is 0 Å². The molecule has 4 aliphatic carbocycles. The van der Waals surface area contributed by atoms with E-state index in [-0.39, 0.29) is 5.97 Å².